The Balaban J connectivity index is 2.40. The molecule has 76 valence electrons. The van der Waals surface area contributed by atoms with Crippen molar-refractivity contribution < 1.29 is 5.11 Å². The van der Waals surface area contributed by atoms with Crippen LogP contribution < -0.4 is 0 Å². The molecule has 2 rings (SSSR count). The van der Waals surface area contributed by atoms with Gasteiger partial charge in [-0.2, -0.15) is 0 Å². The van der Waals surface area contributed by atoms with Crippen molar-refractivity contribution in [1.29, 1.82) is 0 Å². The second-order valence-corrected chi connectivity index (χ2v) is 5.08. The summed E-state index contributed by atoms with van der Waals surface area (Å²) in [6.45, 7) is 2.06. The number of hydrogen-bond donors (Lipinski definition) is 1. The Labute approximate surface area is 93.3 Å². The van der Waals surface area contributed by atoms with Crippen LogP contribution in [0.25, 0.3) is 0 Å². The van der Waals surface area contributed by atoms with Crippen LogP contribution in [0.5, 0.6) is 0 Å². The Morgan fingerprint density at radius 3 is 2.50 bits per heavy atom. The Kier molecular flexibility index (Phi) is 2.67. The number of benzene rings is 1. The van der Waals surface area contributed by atoms with Crippen LogP contribution in [0, 0.1) is 6.92 Å². The molecule has 14 heavy (non-hydrogen) atoms. The highest BCUT2D eigenvalue weighted by Gasteiger charge is 2.34. The fourth-order valence-electron chi connectivity index (χ4n) is 2.23. The third kappa shape index (κ3) is 1.73. The van der Waals surface area contributed by atoms with Gasteiger partial charge in [0.25, 0.3) is 0 Å². The van der Waals surface area contributed by atoms with E-state index >= 15 is 0 Å². The maximum atomic E-state index is 10.4. The van der Waals surface area contributed by atoms with Gasteiger partial charge in [0.15, 0.2) is 0 Å². The molecule has 1 aliphatic carbocycles. The van der Waals surface area contributed by atoms with Gasteiger partial charge in [0.05, 0.1) is 5.60 Å². The second-order valence-electron chi connectivity index (χ2n) is 4.22. The van der Waals surface area contributed by atoms with Crippen molar-refractivity contribution in [2.24, 2.45) is 0 Å². The third-order valence-corrected chi connectivity index (χ3v) is 3.71. The zero-order valence-electron chi connectivity index (χ0n) is 8.39. The van der Waals surface area contributed by atoms with Crippen LogP contribution in [0.3, 0.4) is 0 Å². The van der Waals surface area contributed by atoms with E-state index in [1.54, 1.807) is 0 Å². The lowest BCUT2D eigenvalue weighted by atomic mass is 9.92. The summed E-state index contributed by atoms with van der Waals surface area (Å²) < 4.78 is 1.04. The summed E-state index contributed by atoms with van der Waals surface area (Å²) in [5.41, 5.74) is 1.70. The lowest BCUT2D eigenvalue weighted by molar-refractivity contribution is 0.0437. The first-order valence-corrected chi connectivity index (χ1v) is 5.90. The average molecular weight is 255 g/mol. The molecule has 1 fully saturated rings. The van der Waals surface area contributed by atoms with E-state index in [9.17, 15) is 5.11 Å². The van der Waals surface area contributed by atoms with Gasteiger partial charge in [-0.25, -0.2) is 0 Å². The van der Waals surface area contributed by atoms with Crippen molar-refractivity contribution in [3.05, 3.63) is 33.8 Å². The maximum absolute atomic E-state index is 10.4. The molecule has 0 unspecified atom stereocenters. The minimum Gasteiger partial charge on any atom is -0.385 e. The number of rotatable bonds is 1. The first kappa shape index (κ1) is 10.2. The van der Waals surface area contributed by atoms with Gasteiger partial charge in [-0.1, -0.05) is 40.9 Å². The van der Waals surface area contributed by atoms with Gasteiger partial charge in [0.1, 0.15) is 0 Å². The minimum atomic E-state index is -0.577. The smallest absolute Gasteiger partial charge is 0.0907 e. The molecule has 2 heteroatoms. The second kappa shape index (κ2) is 3.67. The zero-order chi connectivity index (χ0) is 10.2. The van der Waals surface area contributed by atoms with E-state index in [1.165, 1.54) is 5.56 Å². The summed E-state index contributed by atoms with van der Waals surface area (Å²) in [6.07, 6.45) is 4.07. The molecule has 0 heterocycles. The summed E-state index contributed by atoms with van der Waals surface area (Å²) in [5.74, 6) is 0. The van der Waals surface area contributed by atoms with E-state index in [1.807, 2.05) is 6.07 Å². The van der Waals surface area contributed by atoms with Crippen LogP contribution in [0.1, 0.15) is 36.8 Å². The van der Waals surface area contributed by atoms with Crippen LogP contribution in [0.2, 0.25) is 0 Å². The number of aliphatic hydroxyl groups is 1. The van der Waals surface area contributed by atoms with Crippen LogP contribution in [0.4, 0.5) is 0 Å². The molecule has 1 nitrogen and oxygen atoms in total. The first-order valence-electron chi connectivity index (χ1n) is 5.11. The van der Waals surface area contributed by atoms with Crippen LogP contribution >= 0.6 is 15.9 Å². The largest absolute Gasteiger partial charge is 0.385 e. The lowest BCUT2D eigenvalue weighted by Gasteiger charge is -2.24. The summed E-state index contributed by atoms with van der Waals surface area (Å²) in [5, 5.41) is 10.4. The highest BCUT2D eigenvalue weighted by molar-refractivity contribution is 9.10. The van der Waals surface area contributed by atoms with E-state index < -0.39 is 5.60 Å². The quantitative estimate of drug-likeness (QED) is 0.814. The number of aryl methyl sites for hydroxylation is 1. The third-order valence-electron chi connectivity index (χ3n) is 3.06. The summed E-state index contributed by atoms with van der Waals surface area (Å²) in [6, 6.07) is 6.19. The SMILES string of the molecule is Cc1ccc(C2(O)CCCC2)c(Br)c1. The molecular weight excluding hydrogens is 240 g/mol. The summed E-state index contributed by atoms with van der Waals surface area (Å²) in [7, 11) is 0. The van der Waals surface area contributed by atoms with Crippen molar-refractivity contribution in [1.82, 2.24) is 0 Å². The Hall–Kier alpha value is -0.340. The molecule has 0 spiro atoms. The fourth-order valence-corrected chi connectivity index (χ4v) is 3.09. The molecule has 0 aliphatic heterocycles. The van der Waals surface area contributed by atoms with Crippen molar-refractivity contribution in [2.75, 3.05) is 0 Å². The molecular formula is C12H15BrO. The monoisotopic (exact) mass is 254 g/mol. The van der Waals surface area contributed by atoms with E-state index in [0.29, 0.717) is 0 Å². The normalized spacial score (nSPS) is 19.9. The molecule has 0 amide bonds. The Morgan fingerprint density at radius 2 is 1.93 bits per heavy atom. The van der Waals surface area contributed by atoms with E-state index in [-0.39, 0.29) is 0 Å². The Morgan fingerprint density at radius 1 is 1.29 bits per heavy atom. The molecule has 1 aliphatic rings. The van der Waals surface area contributed by atoms with E-state index in [0.717, 1.165) is 35.7 Å². The fraction of sp³-hybridized carbons (Fsp3) is 0.500. The molecule has 1 aromatic carbocycles. The van der Waals surface area contributed by atoms with Gasteiger partial charge in [-0.3, -0.25) is 0 Å². The number of hydrogen-bond acceptors (Lipinski definition) is 1. The molecule has 0 bridgehead atoms. The molecule has 0 aromatic heterocycles. The highest BCUT2D eigenvalue weighted by Crippen LogP contribution is 2.41. The van der Waals surface area contributed by atoms with Crippen LogP contribution in [-0.4, -0.2) is 5.11 Å². The molecule has 0 saturated heterocycles. The van der Waals surface area contributed by atoms with Gasteiger partial charge >= 0.3 is 0 Å². The summed E-state index contributed by atoms with van der Waals surface area (Å²) >= 11 is 3.53. The summed E-state index contributed by atoms with van der Waals surface area (Å²) in [4.78, 5) is 0. The van der Waals surface area contributed by atoms with Crippen molar-refractivity contribution in [3.8, 4) is 0 Å². The first-order chi connectivity index (χ1) is 6.62. The molecule has 1 aromatic rings. The van der Waals surface area contributed by atoms with Crippen molar-refractivity contribution in [3.63, 3.8) is 0 Å². The average Bonchev–Trinajstić information content (AvgIpc) is 2.52. The molecule has 1 N–H and O–H groups in total. The zero-order valence-corrected chi connectivity index (χ0v) is 9.97. The highest BCUT2D eigenvalue weighted by atomic mass is 79.9. The lowest BCUT2D eigenvalue weighted by Crippen LogP contribution is -2.21. The maximum Gasteiger partial charge on any atom is 0.0907 e. The molecule has 0 radical (unpaired) electrons. The van der Waals surface area contributed by atoms with Gasteiger partial charge in [0.2, 0.25) is 0 Å². The molecule has 1 saturated carbocycles. The van der Waals surface area contributed by atoms with Gasteiger partial charge in [-0.15, -0.1) is 0 Å². The van der Waals surface area contributed by atoms with Crippen LogP contribution in [0.15, 0.2) is 22.7 Å². The van der Waals surface area contributed by atoms with Gasteiger partial charge in [0, 0.05) is 4.47 Å². The van der Waals surface area contributed by atoms with E-state index in [2.05, 4.69) is 35.0 Å². The number of halogens is 1. The van der Waals surface area contributed by atoms with Gasteiger partial charge < -0.3 is 5.11 Å². The predicted octanol–water partition coefficient (Wildman–Crippen LogP) is 3.52. The minimum absolute atomic E-state index is 0.577. The molecule has 0 atom stereocenters. The topological polar surface area (TPSA) is 20.2 Å². The van der Waals surface area contributed by atoms with E-state index in [4.69, 9.17) is 0 Å². The van der Waals surface area contributed by atoms with Crippen molar-refractivity contribution in [2.45, 2.75) is 38.2 Å². The van der Waals surface area contributed by atoms with Gasteiger partial charge in [-0.05, 0) is 37.0 Å². The standard InChI is InChI=1S/C12H15BrO/c1-9-4-5-10(11(13)8-9)12(14)6-2-3-7-12/h4-5,8,14H,2-3,6-7H2,1H3. The predicted molar refractivity (Wildman–Crippen MR) is 61.2 cm³/mol. The Bertz CT molecular complexity index is 340. The van der Waals surface area contributed by atoms with Crippen molar-refractivity contribution >= 4 is 15.9 Å². The van der Waals surface area contributed by atoms with Crippen LogP contribution in [-0.2, 0) is 5.60 Å².